The van der Waals surface area contributed by atoms with Crippen molar-refractivity contribution in [1.82, 2.24) is 0 Å². The Bertz CT molecular complexity index is 667. The zero-order valence-corrected chi connectivity index (χ0v) is 17.6. The fraction of sp³-hybridized carbons (Fsp3) is 0.538. The molecule has 0 saturated heterocycles. The Balaban J connectivity index is 1.39. The summed E-state index contributed by atoms with van der Waals surface area (Å²) in [6.07, 6.45) is 14.2. The predicted molar refractivity (Wildman–Crippen MR) is 123 cm³/mol. The second-order valence-electron chi connectivity index (χ2n) is 8.64. The summed E-state index contributed by atoms with van der Waals surface area (Å²) in [5.74, 6) is 1.76. The Hall–Kier alpha value is -1.96. The number of hydrogen-bond acceptors (Lipinski definition) is 2. The van der Waals surface area contributed by atoms with Gasteiger partial charge in [-0.25, -0.2) is 0 Å². The molecule has 1 aliphatic rings. The van der Waals surface area contributed by atoms with Crippen LogP contribution < -0.4 is 11.1 Å². The zero-order chi connectivity index (χ0) is 19.6. The van der Waals surface area contributed by atoms with Gasteiger partial charge in [0.2, 0.25) is 0 Å². The first-order valence-electron chi connectivity index (χ1n) is 11.4. The molecule has 0 heterocycles. The van der Waals surface area contributed by atoms with Gasteiger partial charge in [0.1, 0.15) is 0 Å². The molecule has 2 nitrogen and oxygen atoms in total. The molecule has 28 heavy (non-hydrogen) atoms. The molecule has 0 amide bonds. The van der Waals surface area contributed by atoms with E-state index in [0.29, 0.717) is 0 Å². The fourth-order valence-electron chi connectivity index (χ4n) is 4.53. The van der Waals surface area contributed by atoms with E-state index in [-0.39, 0.29) is 0 Å². The van der Waals surface area contributed by atoms with Crippen molar-refractivity contribution in [1.29, 1.82) is 0 Å². The van der Waals surface area contributed by atoms with Crippen LogP contribution >= 0.6 is 0 Å². The van der Waals surface area contributed by atoms with Gasteiger partial charge < -0.3 is 11.1 Å². The lowest BCUT2D eigenvalue weighted by molar-refractivity contribution is 0.302. The zero-order valence-electron chi connectivity index (χ0n) is 17.6. The summed E-state index contributed by atoms with van der Waals surface area (Å²) >= 11 is 0. The van der Waals surface area contributed by atoms with Crippen LogP contribution in [0.4, 0.5) is 11.4 Å². The van der Waals surface area contributed by atoms with E-state index in [1.54, 1.807) is 0 Å². The summed E-state index contributed by atoms with van der Waals surface area (Å²) in [6.45, 7) is 3.15. The minimum Gasteiger partial charge on any atom is -0.399 e. The summed E-state index contributed by atoms with van der Waals surface area (Å²) in [7, 11) is 0. The molecule has 0 aromatic heterocycles. The van der Waals surface area contributed by atoms with Crippen molar-refractivity contribution in [3.05, 3.63) is 59.7 Å². The summed E-state index contributed by atoms with van der Waals surface area (Å²) in [4.78, 5) is 0. The molecule has 2 aromatic rings. The van der Waals surface area contributed by atoms with Crippen molar-refractivity contribution in [2.45, 2.75) is 83.6 Å². The summed E-state index contributed by atoms with van der Waals surface area (Å²) in [6, 6.07) is 17.2. The monoisotopic (exact) mass is 378 g/mol. The van der Waals surface area contributed by atoms with Crippen LogP contribution in [0.15, 0.2) is 48.5 Å². The standard InChI is InChI=1S/C26H38N2/c1-2-3-4-5-6-7-21-8-12-23(13-9-21)24-14-10-22(11-15-24)20-28-26-18-16-25(27)17-19-26/h10-11,14-19,21,23,28H,2-9,12-13,20,27H2,1H3. The minimum absolute atomic E-state index is 0.774. The van der Waals surface area contributed by atoms with Gasteiger partial charge in [-0.15, -0.1) is 0 Å². The van der Waals surface area contributed by atoms with E-state index in [2.05, 4.69) is 36.5 Å². The van der Waals surface area contributed by atoms with Crippen LogP contribution in [0, 0.1) is 5.92 Å². The van der Waals surface area contributed by atoms with E-state index in [4.69, 9.17) is 5.73 Å². The normalized spacial score (nSPS) is 19.5. The maximum atomic E-state index is 5.74. The molecule has 2 heteroatoms. The summed E-state index contributed by atoms with van der Waals surface area (Å²) in [5.41, 5.74) is 10.5. The Morgan fingerprint density at radius 1 is 0.821 bits per heavy atom. The molecule has 0 aliphatic heterocycles. The van der Waals surface area contributed by atoms with Gasteiger partial charge in [-0.1, -0.05) is 69.7 Å². The van der Waals surface area contributed by atoms with Crippen molar-refractivity contribution >= 4 is 11.4 Å². The highest BCUT2D eigenvalue weighted by Crippen LogP contribution is 2.37. The topological polar surface area (TPSA) is 38.0 Å². The van der Waals surface area contributed by atoms with E-state index < -0.39 is 0 Å². The highest BCUT2D eigenvalue weighted by Gasteiger charge is 2.21. The lowest BCUT2D eigenvalue weighted by Gasteiger charge is -2.29. The SMILES string of the molecule is CCCCCCCC1CCC(c2ccc(CNc3ccc(N)cc3)cc2)CC1. The molecule has 0 bridgehead atoms. The number of nitrogens with two attached hydrogens (primary N) is 1. The predicted octanol–water partition coefficient (Wildman–Crippen LogP) is 7.52. The molecule has 1 fully saturated rings. The molecule has 152 valence electrons. The van der Waals surface area contributed by atoms with Gasteiger partial charge in [-0.2, -0.15) is 0 Å². The van der Waals surface area contributed by atoms with Crippen LogP contribution in [0.3, 0.4) is 0 Å². The van der Waals surface area contributed by atoms with E-state index in [1.165, 1.54) is 75.3 Å². The van der Waals surface area contributed by atoms with Gasteiger partial charge in [-0.3, -0.25) is 0 Å². The third kappa shape index (κ3) is 6.58. The van der Waals surface area contributed by atoms with Gasteiger partial charge in [0.25, 0.3) is 0 Å². The van der Waals surface area contributed by atoms with Gasteiger partial charge in [0.05, 0.1) is 0 Å². The highest BCUT2D eigenvalue weighted by atomic mass is 14.9. The molecule has 2 aromatic carbocycles. The third-order valence-electron chi connectivity index (χ3n) is 6.42. The number of unbranched alkanes of at least 4 members (excludes halogenated alkanes) is 4. The van der Waals surface area contributed by atoms with Crippen LogP contribution in [0.5, 0.6) is 0 Å². The van der Waals surface area contributed by atoms with Crippen LogP contribution in [-0.4, -0.2) is 0 Å². The Labute approximate surface area is 171 Å². The third-order valence-corrected chi connectivity index (χ3v) is 6.42. The Kier molecular flexibility index (Phi) is 8.26. The number of nitrogen functional groups attached to an aromatic ring is 1. The smallest absolute Gasteiger partial charge is 0.0400 e. The second kappa shape index (κ2) is 11.1. The van der Waals surface area contributed by atoms with Gasteiger partial charge in [0.15, 0.2) is 0 Å². The van der Waals surface area contributed by atoms with E-state index in [9.17, 15) is 0 Å². The van der Waals surface area contributed by atoms with Crippen LogP contribution in [0.2, 0.25) is 0 Å². The molecule has 3 N–H and O–H groups in total. The number of anilines is 2. The van der Waals surface area contributed by atoms with E-state index in [0.717, 1.165) is 29.8 Å². The average molecular weight is 379 g/mol. The first-order chi connectivity index (χ1) is 13.7. The molecule has 0 spiro atoms. The maximum absolute atomic E-state index is 5.74. The summed E-state index contributed by atoms with van der Waals surface area (Å²) < 4.78 is 0. The molecule has 1 saturated carbocycles. The highest BCUT2D eigenvalue weighted by molar-refractivity contribution is 5.51. The first-order valence-corrected chi connectivity index (χ1v) is 11.4. The molecular weight excluding hydrogens is 340 g/mol. The van der Waals surface area contributed by atoms with E-state index >= 15 is 0 Å². The quantitative estimate of drug-likeness (QED) is 0.331. The van der Waals surface area contributed by atoms with Crippen molar-refractivity contribution in [3.8, 4) is 0 Å². The number of hydrogen-bond donors (Lipinski definition) is 2. The van der Waals surface area contributed by atoms with Crippen molar-refractivity contribution < 1.29 is 0 Å². The Morgan fingerprint density at radius 3 is 2.18 bits per heavy atom. The van der Waals surface area contributed by atoms with Crippen LogP contribution in [0.1, 0.15) is 88.2 Å². The number of benzene rings is 2. The molecule has 0 radical (unpaired) electrons. The second-order valence-corrected chi connectivity index (χ2v) is 8.64. The Morgan fingerprint density at radius 2 is 1.50 bits per heavy atom. The molecular formula is C26H38N2. The van der Waals surface area contributed by atoms with Gasteiger partial charge in [0, 0.05) is 17.9 Å². The van der Waals surface area contributed by atoms with Crippen molar-refractivity contribution in [2.24, 2.45) is 5.92 Å². The van der Waals surface area contributed by atoms with Gasteiger partial charge >= 0.3 is 0 Å². The largest absolute Gasteiger partial charge is 0.399 e. The summed E-state index contributed by atoms with van der Waals surface area (Å²) in [5, 5.41) is 3.47. The first kappa shape index (κ1) is 20.8. The maximum Gasteiger partial charge on any atom is 0.0400 e. The number of rotatable bonds is 10. The van der Waals surface area contributed by atoms with Crippen molar-refractivity contribution in [3.63, 3.8) is 0 Å². The lowest BCUT2D eigenvalue weighted by atomic mass is 9.77. The number of nitrogens with one attached hydrogen (secondary N) is 1. The van der Waals surface area contributed by atoms with E-state index in [1.807, 2.05) is 24.3 Å². The van der Waals surface area contributed by atoms with Crippen molar-refractivity contribution in [2.75, 3.05) is 11.1 Å². The fourth-order valence-corrected chi connectivity index (χ4v) is 4.53. The minimum atomic E-state index is 0.774. The van der Waals surface area contributed by atoms with Crippen LogP contribution in [0.25, 0.3) is 0 Å². The molecule has 1 aliphatic carbocycles. The van der Waals surface area contributed by atoms with Gasteiger partial charge in [-0.05, 0) is 72.9 Å². The molecule has 0 unspecified atom stereocenters. The molecule has 3 rings (SSSR count). The van der Waals surface area contributed by atoms with Crippen LogP contribution in [-0.2, 0) is 6.54 Å². The lowest BCUT2D eigenvalue weighted by Crippen LogP contribution is -2.13. The molecule has 0 atom stereocenters. The average Bonchev–Trinajstić information content (AvgIpc) is 2.74.